The summed E-state index contributed by atoms with van der Waals surface area (Å²) in [6, 6.07) is 12.7. The molecule has 1 N–H and O–H groups in total. The predicted octanol–water partition coefficient (Wildman–Crippen LogP) is 3.97. The van der Waals surface area contributed by atoms with Crippen molar-refractivity contribution in [3.63, 3.8) is 0 Å². The molecule has 2 aromatic rings. The van der Waals surface area contributed by atoms with Crippen LogP contribution >= 0.6 is 27.5 Å². The third kappa shape index (κ3) is 2.53. The smallest absolute Gasteiger partial charge is 0.251 e. The summed E-state index contributed by atoms with van der Waals surface area (Å²) in [5.41, 5.74) is 1.57. The fourth-order valence-electron chi connectivity index (χ4n) is 2.16. The topological polar surface area (TPSA) is 38.3 Å². The van der Waals surface area contributed by atoms with Crippen LogP contribution in [0.1, 0.15) is 22.0 Å². The molecule has 1 atom stereocenters. The van der Waals surface area contributed by atoms with E-state index < -0.39 is 0 Å². The monoisotopic (exact) mass is 351 g/mol. The van der Waals surface area contributed by atoms with Gasteiger partial charge in [0.05, 0.1) is 11.1 Å². The fourth-order valence-corrected chi connectivity index (χ4v) is 2.66. The van der Waals surface area contributed by atoms with E-state index in [0.717, 1.165) is 11.3 Å². The van der Waals surface area contributed by atoms with E-state index in [2.05, 4.69) is 21.2 Å². The molecular weight excluding hydrogens is 342 g/mol. The zero-order valence-corrected chi connectivity index (χ0v) is 12.7. The summed E-state index contributed by atoms with van der Waals surface area (Å²) in [6.45, 7) is 0.458. The minimum Gasteiger partial charge on any atom is -0.491 e. The molecule has 0 aliphatic carbocycles. The average Bonchev–Trinajstić information content (AvgIpc) is 2.85. The van der Waals surface area contributed by atoms with Gasteiger partial charge in [0.1, 0.15) is 12.4 Å². The Bertz CT molecular complexity index is 675. The Balaban J connectivity index is 1.79. The summed E-state index contributed by atoms with van der Waals surface area (Å²) in [6.07, 6.45) is 0. The molecule has 0 spiro atoms. The van der Waals surface area contributed by atoms with E-state index >= 15 is 0 Å². The molecular formula is C15H11BrClNO2. The molecule has 3 nitrogen and oxygen atoms in total. The van der Waals surface area contributed by atoms with Gasteiger partial charge in [0, 0.05) is 15.6 Å². The van der Waals surface area contributed by atoms with Gasteiger partial charge in [-0.3, -0.25) is 4.79 Å². The van der Waals surface area contributed by atoms with Crippen LogP contribution in [0.5, 0.6) is 5.75 Å². The van der Waals surface area contributed by atoms with Gasteiger partial charge in [0.2, 0.25) is 0 Å². The maximum Gasteiger partial charge on any atom is 0.251 e. The number of fused-ring (bicyclic) bond motifs is 1. The molecule has 1 amide bonds. The van der Waals surface area contributed by atoms with Gasteiger partial charge in [-0.2, -0.15) is 0 Å². The molecule has 1 aliphatic rings. The largest absolute Gasteiger partial charge is 0.491 e. The van der Waals surface area contributed by atoms with E-state index in [-0.39, 0.29) is 11.9 Å². The first-order chi connectivity index (χ1) is 9.65. The highest BCUT2D eigenvalue weighted by atomic mass is 79.9. The molecule has 0 radical (unpaired) electrons. The summed E-state index contributed by atoms with van der Waals surface area (Å²) in [4.78, 5) is 12.2. The summed E-state index contributed by atoms with van der Waals surface area (Å²) in [7, 11) is 0. The predicted molar refractivity (Wildman–Crippen MR) is 81.3 cm³/mol. The molecule has 0 saturated heterocycles. The zero-order valence-electron chi connectivity index (χ0n) is 10.4. The lowest BCUT2D eigenvalue weighted by atomic mass is 10.1. The quantitative estimate of drug-likeness (QED) is 0.888. The van der Waals surface area contributed by atoms with Crippen LogP contribution in [-0.2, 0) is 0 Å². The first kappa shape index (κ1) is 13.5. The Labute approximate surface area is 130 Å². The SMILES string of the molecule is O=C(NC1COc2ccccc21)c1ccc(Cl)c(Br)c1. The number of para-hydroxylation sites is 1. The van der Waals surface area contributed by atoms with Crippen molar-refractivity contribution in [3.05, 3.63) is 63.1 Å². The minimum absolute atomic E-state index is 0.117. The average molecular weight is 353 g/mol. The van der Waals surface area contributed by atoms with E-state index in [0.29, 0.717) is 21.7 Å². The van der Waals surface area contributed by atoms with Crippen LogP contribution in [0, 0.1) is 0 Å². The third-order valence-electron chi connectivity index (χ3n) is 3.19. The Morgan fingerprint density at radius 1 is 1.30 bits per heavy atom. The van der Waals surface area contributed by atoms with E-state index in [4.69, 9.17) is 16.3 Å². The van der Waals surface area contributed by atoms with Crippen molar-refractivity contribution in [2.75, 3.05) is 6.61 Å². The molecule has 0 aromatic heterocycles. The number of hydrogen-bond donors (Lipinski definition) is 1. The van der Waals surface area contributed by atoms with Gasteiger partial charge in [-0.05, 0) is 40.2 Å². The lowest BCUT2D eigenvalue weighted by Crippen LogP contribution is -2.29. The van der Waals surface area contributed by atoms with Crippen molar-refractivity contribution in [2.24, 2.45) is 0 Å². The summed E-state index contributed by atoms with van der Waals surface area (Å²) < 4.78 is 6.25. The number of amides is 1. The Kier molecular flexibility index (Phi) is 3.68. The second-order valence-corrected chi connectivity index (χ2v) is 5.77. The van der Waals surface area contributed by atoms with Crippen LogP contribution in [0.4, 0.5) is 0 Å². The number of hydrogen-bond acceptors (Lipinski definition) is 2. The fraction of sp³-hybridized carbons (Fsp3) is 0.133. The third-order valence-corrected chi connectivity index (χ3v) is 4.40. The molecule has 102 valence electrons. The zero-order chi connectivity index (χ0) is 14.1. The van der Waals surface area contributed by atoms with Crippen LogP contribution in [0.25, 0.3) is 0 Å². The van der Waals surface area contributed by atoms with Gasteiger partial charge < -0.3 is 10.1 Å². The van der Waals surface area contributed by atoms with Crippen LogP contribution < -0.4 is 10.1 Å². The summed E-state index contributed by atoms with van der Waals surface area (Å²) >= 11 is 9.24. The molecule has 0 bridgehead atoms. The molecule has 1 unspecified atom stereocenters. The number of rotatable bonds is 2. The molecule has 0 saturated carbocycles. The van der Waals surface area contributed by atoms with E-state index in [1.165, 1.54) is 0 Å². The highest BCUT2D eigenvalue weighted by Gasteiger charge is 2.25. The number of halogens is 2. The van der Waals surface area contributed by atoms with Gasteiger partial charge in [0.25, 0.3) is 5.91 Å². The molecule has 2 aromatic carbocycles. The summed E-state index contributed by atoms with van der Waals surface area (Å²) in [5, 5.41) is 3.55. The number of benzene rings is 2. The normalized spacial score (nSPS) is 16.4. The minimum atomic E-state index is -0.146. The maximum absolute atomic E-state index is 12.2. The summed E-state index contributed by atoms with van der Waals surface area (Å²) in [5.74, 6) is 0.683. The van der Waals surface area contributed by atoms with Gasteiger partial charge in [-0.1, -0.05) is 29.8 Å². The van der Waals surface area contributed by atoms with Crippen LogP contribution in [0.2, 0.25) is 5.02 Å². The van der Waals surface area contributed by atoms with Gasteiger partial charge in [0.15, 0.2) is 0 Å². The van der Waals surface area contributed by atoms with Crippen molar-refractivity contribution in [1.82, 2.24) is 5.32 Å². The second-order valence-electron chi connectivity index (χ2n) is 4.50. The van der Waals surface area contributed by atoms with E-state index in [9.17, 15) is 4.79 Å². The Morgan fingerprint density at radius 2 is 2.10 bits per heavy atom. The molecule has 5 heteroatoms. The van der Waals surface area contributed by atoms with Crippen LogP contribution in [0.3, 0.4) is 0 Å². The second kappa shape index (κ2) is 5.46. The Morgan fingerprint density at radius 3 is 2.90 bits per heavy atom. The first-order valence-corrected chi connectivity index (χ1v) is 7.30. The lowest BCUT2D eigenvalue weighted by molar-refractivity contribution is 0.0930. The van der Waals surface area contributed by atoms with Crippen molar-refractivity contribution in [3.8, 4) is 5.75 Å². The van der Waals surface area contributed by atoms with Crippen molar-refractivity contribution in [2.45, 2.75) is 6.04 Å². The van der Waals surface area contributed by atoms with Gasteiger partial charge >= 0.3 is 0 Å². The molecule has 1 aliphatic heterocycles. The lowest BCUT2D eigenvalue weighted by Gasteiger charge is -2.12. The standard InChI is InChI=1S/C15H11BrClNO2/c16-11-7-9(5-6-12(11)17)15(19)18-13-8-20-14-4-2-1-3-10(13)14/h1-7,13H,8H2,(H,18,19). The molecule has 0 fully saturated rings. The number of carbonyl (C=O) groups excluding carboxylic acids is 1. The molecule has 20 heavy (non-hydrogen) atoms. The maximum atomic E-state index is 12.2. The number of carbonyl (C=O) groups is 1. The van der Waals surface area contributed by atoms with Crippen molar-refractivity contribution >= 4 is 33.4 Å². The Hall–Kier alpha value is -1.52. The number of ether oxygens (including phenoxy) is 1. The highest BCUT2D eigenvalue weighted by molar-refractivity contribution is 9.10. The first-order valence-electron chi connectivity index (χ1n) is 6.13. The van der Waals surface area contributed by atoms with Gasteiger partial charge in [-0.15, -0.1) is 0 Å². The van der Waals surface area contributed by atoms with E-state index in [1.807, 2.05) is 24.3 Å². The van der Waals surface area contributed by atoms with Gasteiger partial charge in [-0.25, -0.2) is 0 Å². The van der Waals surface area contributed by atoms with Crippen LogP contribution in [-0.4, -0.2) is 12.5 Å². The van der Waals surface area contributed by atoms with Crippen LogP contribution in [0.15, 0.2) is 46.9 Å². The molecule has 1 heterocycles. The van der Waals surface area contributed by atoms with Crippen molar-refractivity contribution in [1.29, 1.82) is 0 Å². The van der Waals surface area contributed by atoms with Crippen molar-refractivity contribution < 1.29 is 9.53 Å². The number of nitrogens with one attached hydrogen (secondary N) is 1. The molecule has 3 rings (SSSR count). The van der Waals surface area contributed by atoms with E-state index in [1.54, 1.807) is 18.2 Å². The highest BCUT2D eigenvalue weighted by Crippen LogP contribution is 2.32.